The molecule has 3 aromatic rings. The molecule has 1 atom stereocenters. The summed E-state index contributed by atoms with van der Waals surface area (Å²) in [4.78, 5) is 16.4. The number of anilines is 1. The molecular weight excluding hydrogens is 387 g/mol. The Morgan fingerprint density at radius 1 is 1.18 bits per heavy atom. The number of nitrogens with zero attached hydrogens (tertiary/aromatic N) is 2. The summed E-state index contributed by atoms with van der Waals surface area (Å²) >= 11 is 0. The predicted molar refractivity (Wildman–Crippen MR) is 98.6 cm³/mol. The van der Waals surface area contributed by atoms with Crippen molar-refractivity contribution in [2.45, 2.75) is 24.8 Å². The molecule has 146 valence electrons. The minimum Gasteiger partial charge on any atom is -0.341 e. The number of amides is 1. The van der Waals surface area contributed by atoms with E-state index < -0.39 is 27.8 Å². The number of aromatic nitrogens is 2. The average Bonchev–Trinajstić information content (AvgIpc) is 3.10. The second-order valence-corrected chi connectivity index (χ2v) is 7.70. The van der Waals surface area contributed by atoms with Crippen LogP contribution in [0.1, 0.15) is 35.0 Å². The van der Waals surface area contributed by atoms with E-state index in [9.17, 15) is 17.6 Å². The minimum absolute atomic E-state index is 0.106. The first-order valence-electron chi connectivity index (χ1n) is 8.24. The van der Waals surface area contributed by atoms with Crippen LogP contribution in [0.3, 0.4) is 0 Å². The number of sulfonamides is 1. The maximum absolute atomic E-state index is 13.0. The molecule has 8 nitrogen and oxygen atoms in total. The van der Waals surface area contributed by atoms with Gasteiger partial charge in [-0.3, -0.25) is 9.52 Å². The zero-order chi connectivity index (χ0) is 20.3. The van der Waals surface area contributed by atoms with Crippen LogP contribution in [0.25, 0.3) is 0 Å². The van der Waals surface area contributed by atoms with Crippen molar-refractivity contribution in [1.82, 2.24) is 15.5 Å². The van der Waals surface area contributed by atoms with E-state index in [1.807, 2.05) is 0 Å². The average molecular weight is 404 g/mol. The van der Waals surface area contributed by atoms with Crippen molar-refractivity contribution in [2.75, 3.05) is 4.72 Å². The Hall–Kier alpha value is -3.27. The third-order valence-corrected chi connectivity index (χ3v) is 5.14. The molecule has 2 aromatic carbocycles. The highest BCUT2D eigenvalue weighted by Gasteiger charge is 2.19. The molecule has 1 unspecified atom stereocenters. The Morgan fingerprint density at radius 3 is 2.54 bits per heavy atom. The summed E-state index contributed by atoms with van der Waals surface area (Å²) in [6.45, 7) is 3.32. The zero-order valence-electron chi connectivity index (χ0n) is 15.0. The van der Waals surface area contributed by atoms with E-state index >= 15 is 0 Å². The molecule has 1 heterocycles. The molecule has 0 radical (unpaired) electrons. The lowest BCUT2D eigenvalue weighted by atomic mass is 10.2. The lowest BCUT2D eigenvalue weighted by Crippen LogP contribution is -2.27. The first-order valence-corrected chi connectivity index (χ1v) is 9.72. The Morgan fingerprint density at radius 2 is 1.89 bits per heavy atom. The number of halogens is 1. The minimum atomic E-state index is -3.95. The summed E-state index contributed by atoms with van der Waals surface area (Å²) in [7, 11) is -3.95. The van der Waals surface area contributed by atoms with E-state index in [-0.39, 0.29) is 22.0 Å². The van der Waals surface area contributed by atoms with Crippen LogP contribution >= 0.6 is 0 Å². The first kappa shape index (κ1) is 19.5. The van der Waals surface area contributed by atoms with Crippen LogP contribution in [0.4, 0.5) is 10.1 Å². The molecule has 28 heavy (non-hydrogen) atoms. The van der Waals surface area contributed by atoms with Gasteiger partial charge in [-0.2, -0.15) is 4.98 Å². The van der Waals surface area contributed by atoms with E-state index in [0.29, 0.717) is 5.82 Å². The first-order chi connectivity index (χ1) is 13.2. The number of hydrogen-bond donors (Lipinski definition) is 2. The van der Waals surface area contributed by atoms with Gasteiger partial charge in [0.25, 0.3) is 15.9 Å². The van der Waals surface area contributed by atoms with Gasteiger partial charge in [-0.15, -0.1) is 0 Å². The summed E-state index contributed by atoms with van der Waals surface area (Å²) in [6, 6.07) is 9.87. The van der Waals surface area contributed by atoms with Crippen LogP contribution < -0.4 is 10.0 Å². The van der Waals surface area contributed by atoms with Gasteiger partial charge >= 0.3 is 0 Å². The summed E-state index contributed by atoms with van der Waals surface area (Å²) in [5.74, 6) is -0.293. The summed E-state index contributed by atoms with van der Waals surface area (Å²) < 4.78 is 45.4. The normalized spacial score (nSPS) is 12.4. The maximum Gasteiger partial charge on any atom is 0.261 e. The Bertz CT molecular complexity index is 1100. The predicted octanol–water partition coefficient (Wildman–Crippen LogP) is 2.81. The summed E-state index contributed by atoms with van der Waals surface area (Å²) in [6.07, 6.45) is 0. The molecule has 0 aliphatic carbocycles. The van der Waals surface area contributed by atoms with Crippen molar-refractivity contribution in [1.29, 1.82) is 0 Å². The molecule has 0 saturated heterocycles. The summed E-state index contributed by atoms with van der Waals surface area (Å²) in [5, 5.41) is 6.33. The third-order valence-electron chi connectivity index (χ3n) is 3.76. The Balaban J connectivity index is 1.77. The number of hydrogen-bond acceptors (Lipinski definition) is 6. The standard InChI is InChI=1S/C18H17FN4O4S/c1-11(18-21-12(2)22-27-18)20-17(24)13-4-3-5-16(10-13)28(25,26)23-15-8-6-14(19)7-9-15/h3-11,23H,1-2H3,(H,20,24). The fourth-order valence-electron chi connectivity index (χ4n) is 2.37. The molecule has 10 heteroatoms. The highest BCUT2D eigenvalue weighted by molar-refractivity contribution is 7.92. The number of rotatable bonds is 6. The second kappa shape index (κ2) is 7.77. The molecule has 0 fully saturated rings. The topological polar surface area (TPSA) is 114 Å². The van der Waals surface area contributed by atoms with E-state index in [2.05, 4.69) is 20.2 Å². The molecule has 1 aromatic heterocycles. The van der Waals surface area contributed by atoms with Crippen molar-refractivity contribution in [3.05, 3.63) is 71.6 Å². The number of nitrogens with one attached hydrogen (secondary N) is 2. The third kappa shape index (κ3) is 4.52. The number of carbonyl (C=O) groups excluding carboxylic acids is 1. The SMILES string of the molecule is Cc1noc(C(C)NC(=O)c2cccc(S(=O)(=O)Nc3ccc(F)cc3)c2)n1. The van der Waals surface area contributed by atoms with Gasteiger partial charge in [0, 0.05) is 11.3 Å². The molecule has 0 spiro atoms. The molecule has 0 bridgehead atoms. The molecule has 0 aliphatic heterocycles. The van der Waals surface area contributed by atoms with Crippen molar-refractivity contribution in [3.8, 4) is 0 Å². The molecule has 2 N–H and O–H groups in total. The lowest BCUT2D eigenvalue weighted by molar-refractivity contribution is 0.0932. The Kier molecular flexibility index (Phi) is 5.41. The number of carbonyl (C=O) groups is 1. The van der Waals surface area contributed by atoms with Gasteiger partial charge in [-0.1, -0.05) is 11.2 Å². The molecule has 0 aliphatic rings. The molecule has 0 saturated carbocycles. The van der Waals surface area contributed by atoms with Crippen molar-refractivity contribution in [3.63, 3.8) is 0 Å². The van der Waals surface area contributed by atoms with Crippen molar-refractivity contribution < 1.29 is 22.1 Å². The molecular formula is C18H17FN4O4S. The van der Waals surface area contributed by atoms with E-state index in [1.54, 1.807) is 13.8 Å². The quantitative estimate of drug-likeness (QED) is 0.653. The smallest absolute Gasteiger partial charge is 0.261 e. The lowest BCUT2D eigenvalue weighted by Gasteiger charge is -2.12. The fourth-order valence-corrected chi connectivity index (χ4v) is 3.47. The van der Waals surface area contributed by atoms with Crippen LogP contribution in [-0.2, 0) is 10.0 Å². The van der Waals surface area contributed by atoms with E-state index in [4.69, 9.17) is 4.52 Å². The summed E-state index contributed by atoms with van der Waals surface area (Å²) in [5.41, 5.74) is 0.349. The van der Waals surface area contributed by atoms with Gasteiger partial charge in [0.05, 0.1) is 4.90 Å². The van der Waals surface area contributed by atoms with Crippen LogP contribution in [0.2, 0.25) is 0 Å². The van der Waals surface area contributed by atoms with Crippen molar-refractivity contribution in [2.24, 2.45) is 0 Å². The van der Waals surface area contributed by atoms with E-state index in [0.717, 1.165) is 12.1 Å². The van der Waals surface area contributed by atoms with Gasteiger partial charge in [0.2, 0.25) is 5.89 Å². The van der Waals surface area contributed by atoms with Crippen LogP contribution in [-0.4, -0.2) is 24.5 Å². The zero-order valence-corrected chi connectivity index (χ0v) is 15.8. The monoisotopic (exact) mass is 404 g/mol. The van der Waals surface area contributed by atoms with Gasteiger partial charge in [-0.05, 0) is 56.3 Å². The highest BCUT2D eigenvalue weighted by Crippen LogP contribution is 2.18. The van der Waals surface area contributed by atoms with Crippen LogP contribution in [0, 0.1) is 12.7 Å². The maximum atomic E-state index is 13.0. The van der Waals surface area contributed by atoms with Gasteiger partial charge in [0.1, 0.15) is 11.9 Å². The van der Waals surface area contributed by atoms with Crippen molar-refractivity contribution >= 4 is 21.6 Å². The van der Waals surface area contributed by atoms with Crippen LogP contribution in [0.5, 0.6) is 0 Å². The van der Waals surface area contributed by atoms with Gasteiger partial charge in [-0.25, -0.2) is 12.8 Å². The second-order valence-electron chi connectivity index (χ2n) is 6.02. The largest absolute Gasteiger partial charge is 0.341 e. The van der Waals surface area contributed by atoms with Gasteiger partial charge < -0.3 is 9.84 Å². The number of benzene rings is 2. The van der Waals surface area contributed by atoms with Crippen LogP contribution in [0.15, 0.2) is 57.9 Å². The molecule has 3 rings (SSSR count). The van der Waals surface area contributed by atoms with Gasteiger partial charge in [0.15, 0.2) is 5.82 Å². The molecule has 1 amide bonds. The Labute approximate surface area is 160 Å². The van der Waals surface area contributed by atoms with E-state index in [1.165, 1.54) is 36.4 Å². The fraction of sp³-hybridized carbons (Fsp3) is 0.167. The number of aryl methyl sites for hydroxylation is 1. The highest BCUT2D eigenvalue weighted by atomic mass is 32.2.